The minimum absolute atomic E-state index is 0. The maximum absolute atomic E-state index is 5.69. The Morgan fingerprint density at radius 2 is 1.48 bits per heavy atom. The van der Waals surface area contributed by atoms with Crippen molar-refractivity contribution < 1.29 is 43.6 Å². The molecule has 13 heteroatoms. The average Bonchev–Trinajstić information content (AvgIpc) is 3.84. The van der Waals surface area contributed by atoms with Crippen LogP contribution in [-0.4, -0.2) is 95.7 Å². The van der Waals surface area contributed by atoms with E-state index in [4.69, 9.17) is 23.8 Å². The third-order valence-corrected chi connectivity index (χ3v) is 5.65. The Hall–Kier alpha value is -2.42. The third kappa shape index (κ3) is 23.8. The molecule has 0 spiro atoms. The van der Waals surface area contributed by atoms with Crippen molar-refractivity contribution in [3.05, 3.63) is 42.2 Å². The molecular formula is C33H58N7O5Os. The summed E-state index contributed by atoms with van der Waals surface area (Å²) in [4.78, 5) is 29.3. The Bertz CT molecular complexity index is 995. The molecule has 0 unspecified atom stereocenters. The van der Waals surface area contributed by atoms with E-state index >= 15 is 0 Å². The number of ether oxygens (including phenoxy) is 4. The second-order valence-corrected chi connectivity index (χ2v) is 9.12. The summed E-state index contributed by atoms with van der Waals surface area (Å²) in [5.74, 6) is 0. The van der Waals surface area contributed by atoms with Crippen LogP contribution >= 0.6 is 0 Å². The van der Waals surface area contributed by atoms with E-state index in [1.54, 1.807) is 17.5 Å². The number of rotatable bonds is 3. The van der Waals surface area contributed by atoms with E-state index in [1.807, 2.05) is 74.4 Å². The second kappa shape index (κ2) is 32.5. The van der Waals surface area contributed by atoms with Crippen molar-refractivity contribution in [3.8, 4) is 6.01 Å². The number of aryl methyl sites for hydroxylation is 2. The molecule has 6 rings (SSSR count). The standard InChI is InChI=1S/C10H16N2O2.C8H11N3O2.C5H5N2.C4H8O.3C2H6.Os/c1-8-2-5-11-10(12-8)14-9-3-6-13-7-4-9;1-7-2-3-9-8(10-7)13-11-4-5-12-6-11;1-5-2-3-6-4-7-5;1-2-4-5-3-1;3*1-2;/h9H,2-7H2,1H3;2-3H,4-6H2,1H3;2-3H,1H3;1-4H2;3*1-2H3;/q;;-1;;;;;+1. The monoisotopic (exact) mass is 824 g/mol. The molecule has 46 heavy (non-hydrogen) atoms. The Kier molecular flexibility index (Phi) is 32.3. The van der Waals surface area contributed by atoms with Gasteiger partial charge in [0.15, 0.2) is 0 Å². The van der Waals surface area contributed by atoms with E-state index in [1.165, 1.54) is 12.8 Å². The van der Waals surface area contributed by atoms with E-state index in [2.05, 4.69) is 36.2 Å². The van der Waals surface area contributed by atoms with Crippen LogP contribution in [-0.2, 0) is 38.7 Å². The van der Waals surface area contributed by atoms with Crippen LogP contribution in [0.1, 0.15) is 92.0 Å². The maximum atomic E-state index is 5.69. The number of nitrogens with zero attached hydrogens (tertiary/aromatic N) is 7. The fourth-order valence-electron chi connectivity index (χ4n) is 3.46. The fourth-order valence-corrected chi connectivity index (χ4v) is 3.46. The van der Waals surface area contributed by atoms with Gasteiger partial charge in [-0.1, -0.05) is 60.4 Å². The first kappa shape index (κ1) is 45.7. The van der Waals surface area contributed by atoms with Crippen molar-refractivity contribution in [2.45, 2.75) is 101 Å². The number of hydroxylamine groups is 2. The van der Waals surface area contributed by atoms with Crippen molar-refractivity contribution >= 4 is 11.7 Å². The van der Waals surface area contributed by atoms with Gasteiger partial charge in [-0.2, -0.15) is 4.98 Å². The molecule has 2 aromatic rings. The van der Waals surface area contributed by atoms with E-state index < -0.39 is 0 Å². The summed E-state index contributed by atoms with van der Waals surface area (Å²) in [5.41, 5.74) is 2.96. The van der Waals surface area contributed by atoms with Crippen LogP contribution in [0.4, 0.5) is 0 Å². The minimum Gasteiger partial charge on any atom is -0.460 e. The minimum atomic E-state index is 0. The number of hydrogen-bond acceptors (Lipinski definition) is 12. The largest absolute Gasteiger partial charge is 1.00 e. The molecule has 4 aliphatic rings. The molecule has 0 amide bonds. The van der Waals surface area contributed by atoms with Gasteiger partial charge in [0.05, 0.1) is 26.4 Å². The molecule has 0 saturated carbocycles. The van der Waals surface area contributed by atoms with Crippen LogP contribution in [0.15, 0.2) is 34.5 Å². The smallest absolute Gasteiger partial charge is 0.460 e. The Labute approximate surface area is 291 Å². The Morgan fingerprint density at radius 3 is 1.96 bits per heavy atom. The van der Waals surface area contributed by atoms with Crippen LogP contribution in [0.25, 0.3) is 0 Å². The van der Waals surface area contributed by atoms with Crippen molar-refractivity contribution in [2.24, 2.45) is 9.98 Å². The van der Waals surface area contributed by atoms with Crippen LogP contribution in [0.5, 0.6) is 6.01 Å². The van der Waals surface area contributed by atoms with E-state index in [0.717, 1.165) is 75.9 Å². The molecule has 1 radical (unpaired) electrons. The van der Waals surface area contributed by atoms with Gasteiger partial charge in [0.1, 0.15) is 12.8 Å². The summed E-state index contributed by atoms with van der Waals surface area (Å²) < 4.78 is 21.0. The average molecular weight is 823 g/mol. The first-order chi connectivity index (χ1) is 22.1. The molecular weight excluding hydrogens is 765 g/mol. The first-order valence-corrected chi connectivity index (χ1v) is 16.5. The third-order valence-electron chi connectivity index (χ3n) is 5.65. The first-order valence-electron chi connectivity index (χ1n) is 16.5. The Balaban J connectivity index is 0. The number of aromatic nitrogens is 4. The van der Waals surface area contributed by atoms with E-state index in [0.29, 0.717) is 25.4 Å². The van der Waals surface area contributed by atoms with Gasteiger partial charge in [-0.05, 0) is 32.8 Å². The van der Waals surface area contributed by atoms with Gasteiger partial charge >= 0.3 is 31.8 Å². The predicted octanol–water partition coefficient (Wildman–Crippen LogP) is 6.23. The molecule has 0 bridgehead atoms. The molecule has 0 atom stereocenters. The fraction of sp³-hybridized carbons (Fsp3) is 0.697. The van der Waals surface area contributed by atoms with Crippen molar-refractivity contribution in [1.29, 1.82) is 0 Å². The van der Waals surface area contributed by atoms with Crippen LogP contribution in [0.3, 0.4) is 0 Å². The molecule has 6 heterocycles. The zero-order chi connectivity index (χ0) is 33.5. The molecule has 12 nitrogen and oxygen atoms in total. The normalized spacial score (nSPS) is 16.6. The predicted molar refractivity (Wildman–Crippen MR) is 180 cm³/mol. The molecule has 3 fully saturated rings. The Morgan fingerprint density at radius 1 is 0.826 bits per heavy atom. The maximum Gasteiger partial charge on any atom is 1.00 e. The van der Waals surface area contributed by atoms with Crippen molar-refractivity contribution in [3.63, 3.8) is 0 Å². The second-order valence-electron chi connectivity index (χ2n) is 9.12. The van der Waals surface area contributed by atoms with Gasteiger partial charge in [0.25, 0.3) is 0 Å². The molecule has 3 saturated heterocycles. The molecule has 0 aromatic carbocycles. The quantitative estimate of drug-likeness (QED) is 0.329. The van der Waals surface area contributed by atoms with Crippen molar-refractivity contribution in [1.82, 2.24) is 25.0 Å². The summed E-state index contributed by atoms with van der Waals surface area (Å²) in [6, 6.07) is 4.61. The molecule has 4 aliphatic heterocycles. The van der Waals surface area contributed by atoms with Gasteiger partial charge in [-0.3, -0.25) is 0 Å². The van der Waals surface area contributed by atoms with E-state index in [-0.39, 0.29) is 25.9 Å². The number of hydrogen-bond donors (Lipinski definition) is 0. The van der Waals surface area contributed by atoms with Gasteiger partial charge in [-0.25, -0.2) is 15.0 Å². The zero-order valence-electron chi connectivity index (χ0n) is 29.6. The number of aliphatic imine (C=N–C) groups is 2. The van der Waals surface area contributed by atoms with Gasteiger partial charge in [0.2, 0.25) is 0 Å². The van der Waals surface area contributed by atoms with Crippen LogP contribution < -0.4 is 4.84 Å². The molecule has 263 valence electrons. The summed E-state index contributed by atoms with van der Waals surface area (Å²) in [7, 11) is 0. The zero-order valence-corrected chi connectivity index (χ0v) is 32.1. The topological polar surface area (TPSA) is 126 Å². The SMILES string of the molecule is C1CCOC1.CC.CC.CC.CC1=NC(OC2CCOCC2)=NCC1.Cc1ccn[c-]n1.Cc1ccnc(ON2CCOC2)n1.[Os+]. The van der Waals surface area contributed by atoms with Gasteiger partial charge < -0.3 is 33.8 Å². The van der Waals surface area contributed by atoms with Crippen LogP contribution in [0, 0.1) is 20.2 Å². The summed E-state index contributed by atoms with van der Waals surface area (Å²) in [6.45, 7) is 24.2. The molecule has 0 N–H and O–H groups in total. The molecule has 2 aromatic heterocycles. The van der Waals surface area contributed by atoms with E-state index in [9.17, 15) is 0 Å². The van der Waals surface area contributed by atoms with Gasteiger partial charge in [-0.15, -0.1) is 11.1 Å². The summed E-state index contributed by atoms with van der Waals surface area (Å²) >= 11 is 0. The molecule has 0 aliphatic carbocycles. The van der Waals surface area contributed by atoms with Crippen molar-refractivity contribution in [2.75, 3.05) is 52.9 Å². The van der Waals surface area contributed by atoms with Gasteiger partial charge in [0, 0.05) is 63.0 Å². The van der Waals surface area contributed by atoms with Crippen LogP contribution in [0.2, 0.25) is 0 Å². The summed E-state index contributed by atoms with van der Waals surface area (Å²) in [5, 5.41) is 1.69. The summed E-state index contributed by atoms with van der Waals surface area (Å²) in [6.07, 6.45) is 11.5. The number of amidine groups is 1.